The minimum atomic E-state index is -1.82. The highest BCUT2D eigenvalue weighted by atomic mass is 28.4. The molecule has 0 aliphatic carbocycles. The monoisotopic (exact) mass is 735 g/mol. The van der Waals surface area contributed by atoms with Gasteiger partial charge in [-0.2, -0.15) is 0 Å². The first kappa shape index (κ1) is 45.1. The molecule has 0 aromatic heterocycles. The molecule has 2 unspecified atom stereocenters. The Morgan fingerprint density at radius 3 is 1.27 bits per heavy atom. The zero-order valence-corrected chi connectivity index (χ0v) is 35.9. The zero-order chi connectivity index (χ0) is 37.2. The molecular weight excluding hydrogens is 657 g/mol. The number of allylic oxidation sites excluding steroid dienone is 4. The third-order valence-electron chi connectivity index (χ3n) is 11.0. The molecule has 0 aliphatic rings. The van der Waals surface area contributed by atoms with Crippen LogP contribution in [0.1, 0.15) is 153 Å². The molecule has 2 rings (SSSR count). The van der Waals surface area contributed by atoms with Gasteiger partial charge in [-0.3, -0.25) is 0 Å². The molecular formula is C46H78O3Si2. The summed E-state index contributed by atoms with van der Waals surface area (Å²) in [7, 11) is -3.64. The lowest BCUT2D eigenvalue weighted by Crippen LogP contribution is -2.50. The summed E-state index contributed by atoms with van der Waals surface area (Å²) in [5, 5.41) is 19.3. The SMILES string of the molecule is CCCC(CC/C=C\CCCCCCCc1cccc(O)c1)[Si](C)(C)O[Si](C)(C)C(CCC)CC/C=C\CCCCCCCc1cccc(O)c1. The van der Waals surface area contributed by atoms with Crippen molar-refractivity contribution < 1.29 is 14.3 Å². The van der Waals surface area contributed by atoms with Crippen molar-refractivity contribution in [1.29, 1.82) is 0 Å². The Morgan fingerprint density at radius 2 is 0.882 bits per heavy atom. The highest BCUT2D eigenvalue weighted by molar-refractivity contribution is 6.86. The normalized spacial score (nSPS) is 13.8. The Kier molecular flexibility index (Phi) is 23.5. The number of aromatic hydroxyl groups is 2. The van der Waals surface area contributed by atoms with Gasteiger partial charge < -0.3 is 14.3 Å². The lowest BCUT2D eigenvalue weighted by atomic mass is 10.0. The standard InChI is InChI=1S/C46H78O3Si2/c1-7-29-45(37-25-21-17-13-9-11-15-19-23-31-41-33-27-35-43(47)39-41)50(3,4)49-51(5,6)46(30-8-2)38-26-22-18-14-10-12-16-20-24-32-42-34-28-36-44(48)40-42/h17-18,21-22,27-28,33-36,39-40,45-48H,7-16,19-20,23-26,29-32,37-38H2,1-6H3/b21-17-,22-18-. The van der Waals surface area contributed by atoms with Gasteiger partial charge in [0.1, 0.15) is 11.5 Å². The molecule has 0 amide bonds. The molecule has 0 fully saturated rings. The lowest BCUT2D eigenvalue weighted by Gasteiger charge is -2.43. The van der Waals surface area contributed by atoms with Gasteiger partial charge in [-0.1, -0.05) is 127 Å². The fraction of sp³-hybridized carbons (Fsp3) is 0.652. The quantitative estimate of drug-likeness (QED) is 0.0477. The van der Waals surface area contributed by atoms with Gasteiger partial charge in [0.05, 0.1) is 0 Å². The number of benzene rings is 2. The molecule has 2 N–H and O–H groups in total. The van der Waals surface area contributed by atoms with E-state index in [1.165, 1.54) is 140 Å². The molecule has 2 atom stereocenters. The topological polar surface area (TPSA) is 49.7 Å². The highest BCUT2D eigenvalue weighted by Crippen LogP contribution is 2.40. The minimum Gasteiger partial charge on any atom is -0.508 e. The summed E-state index contributed by atoms with van der Waals surface area (Å²) in [5.41, 5.74) is 3.97. The second-order valence-corrected chi connectivity index (χ2v) is 25.2. The Hall–Kier alpha value is -2.09. The van der Waals surface area contributed by atoms with Crippen molar-refractivity contribution >= 4 is 16.6 Å². The number of rotatable bonds is 30. The number of phenolic OH excluding ortho intramolecular Hbond substituents is 2. The van der Waals surface area contributed by atoms with Gasteiger partial charge in [-0.25, -0.2) is 0 Å². The Bertz CT molecular complexity index is 1130. The molecule has 51 heavy (non-hydrogen) atoms. The summed E-state index contributed by atoms with van der Waals surface area (Å²) in [4.78, 5) is 0. The van der Waals surface area contributed by atoms with Gasteiger partial charge in [0.2, 0.25) is 0 Å². The van der Waals surface area contributed by atoms with Crippen molar-refractivity contribution in [3.05, 3.63) is 84.0 Å². The molecule has 288 valence electrons. The fourth-order valence-electron chi connectivity index (χ4n) is 7.95. The van der Waals surface area contributed by atoms with Crippen LogP contribution in [-0.4, -0.2) is 26.8 Å². The third-order valence-corrected chi connectivity index (χ3v) is 20.3. The van der Waals surface area contributed by atoms with Gasteiger partial charge in [0.15, 0.2) is 16.6 Å². The summed E-state index contributed by atoms with van der Waals surface area (Å²) >= 11 is 0. The van der Waals surface area contributed by atoms with Gasteiger partial charge in [0, 0.05) is 0 Å². The van der Waals surface area contributed by atoms with Crippen LogP contribution in [0.4, 0.5) is 0 Å². The molecule has 2 aromatic rings. The predicted octanol–water partition coefficient (Wildman–Crippen LogP) is 15.0. The van der Waals surface area contributed by atoms with Crippen molar-refractivity contribution in [1.82, 2.24) is 0 Å². The lowest BCUT2D eigenvalue weighted by molar-refractivity contribution is 0.460. The van der Waals surface area contributed by atoms with Crippen LogP contribution in [0.5, 0.6) is 11.5 Å². The molecule has 0 spiro atoms. The summed E-state index contributed by atoms with van der Waals surface area (Å²) in [6.07, 6.45) is 37.2. The maximum Gasteiger partial charge on any atom is 0.176 e. The third kappa shape index (κ3) is 20.7. The van der Waals surface area contributed by atoms with E-state index in [1.54, 1.807) is 12.1 Å². The second-order valence-electron chi connectivity index (χ2n) is 16.3. The second kappa shape index (κ2) is 26.6. The minimum absolute atomic E-state index is 0.382. The summed E-state index contributed by atoms with van der Waals surface area (Å²) in [5.74, 6) is 0.764. The van der Waals surface area contributed by atoms with Crippen LogP contribution in [0.2, 0.25) is 37.3 Å². The van der Waals surface area contributed by atoms with Crippen molar-refractivity contribution in [2.75, 3.05) is 0 Å². The van der Waals surface area contributed by atoms with Crippen molar-refractivity contribution in [2.45, 2.75) is 192 Å². The van der Waals surface area contributed by atoms with E-state index in [2.05, 4.69) is 76.5 Å². The summed E-state index contributed by atoms with van der Waals surface area (Å²) in [6, 6.07) is 15.4. The van der Waals surface area contributed by atoms with Crippen LogP contribution in [0.15, 0.2) is 72.8 Å². The average Bonchev–Trinajstić information content (AvgIpc) is 3.08. The van der Waals surface area contributed by atoms with E-state index in [-0.39, 0.29) is 0 Å². The van der Waals surface area contributed by atoms with E-state index < -0.39 is 16.6 Å². The first-order valence-corrected chi connectivity index (χ1v) is 27.1. The maximum absolute atomic E-state index is 9.63. The van der Waals surface area contributed by atoms with Crippen molar-refractivity contribution in [3.63, 3.8) is 0 Å². The Morgan fingerprint density at radius 1 is 0.510 bits per heavy atom. The summed E-state index contributed by atoms with van der Waals surface area (Å²) < 4.78 is 7.41. The molecule has 0 saturated heterocycles. The number of hydrogen-bond donors (Lipinski definition) is 2. The van der Waals surface area contributed by atoms with E-state index >= 15 is 0 Å². The number of phenols is 2. The first-order chi connectivity index (χ1) is 24.6. The molecule has 5 heteroatoms. The van der Waals surface area contributed by atoms with Crippen molar-refractivity contribution in [2.24, 2.45) is 0 Å². The number of aryl methyl sites for hydroxylation is 2. The number of unbranched alkanes of at least 4 members (excludes halogenated alkanes) is 10. The molecule has 3 nitrogen and oxygen atoms in total. The van der Waals surface area contributed by atoms with Crippen LogP contribution < -0.4 is 0 Å². The molecule has 0 radical (unpaired) electrons. The van der Waals surface area contributed by atoms with Gasteiger partial charge in [0.25, 0.3) is 0 Å². The van der Waals surface area contributed by atoms with Crippen LogP contribution >= 0.6 is 0 Å². The van der Waals surface area contributed by atoms with Crippen LogP contribution in [0.3, 0.4) is 0 Å². The smallest absolute Gasteiger partial charge is 0.176 e. The maximum atomic E-state index is 9.63. The van der Waals surface area contributed by atoms with Crippen LogP contribution in [0, 0.1) is 0 Å². The van der Waals surface area contributed by atoms with E-state index in [0.29, 0.717) is 11.5 Å². The largest absolute Gasteiger partial charge is 0.508 e. The highest BCUT2D eigenvalue weighted by Gasteiger charge is 2.42. The average molecular weight is 735 g/mol. The van der Waals surface area contributed by atoms with Gasteiger partial charge in [-0.15, -0.1) is 0 Å². The van der Waals surface area contributed by atoms with E-state index in [1.807, 2.05) is 24.3 Å². The zero-order valence-electron chi connectivity index (χ0n) is 33.9. The number of hydrogen-bond acceptors (Lipinski definition) is 3. The molecule has 0 bridgehead atoms. The molecule has 0 saturated carbocycles. The van der Waals surface area contributed by atoms with Crippen LogP contribution in [0.25, 0.3) is 0 Å². The fourth-order valence-corrected chi connectivity index (χ4v) is 18.4. The van der Waals surface area contributed by atoms with Crippen molar-refractivity contribution in [3.8, 4) is 11.5 Å². The first-order valence-electron chi connectivity index (χ1n) is 21.1. The van der Waals surface area contributed by atoms with E-state index in [4.69, 9.17) is 4.12 Å². The van der Waals surface area contributed by atoms with E-state index in [9.17, 15) is 10.2 Å². The molecule has 0 heterocycles. The predicted molar refractivity (Wildman–Crippen MR) is 229 cm³/mol. The Labute approximate surface area is 317 Å². The summed E-state index contributed by atoms with van der Waals surface area (Å²) in [6.45, 7) is 14.8. The van der Waals surface area contributed by atoms with Gasteiger partial charge in [-0.05, 0) is 150 Å². The van der Waals surface area contributed by atoms with Gasteiger partial charge >= 0.3 is 0 Å². The van der Waals surface area contributed by atoms with E-state index in [0.717, 1.165) is 23.9 Å². The van der Waals surface area contributed by atoms with Crippen LogP contribution in [-0.2, 0) is 17.0 Å². The molecule has 0 aliphatic heterocycles. The molecule has 2 aromatic carbocycles. The Balaban J connectivity index is 1.64.